The summed E-state index contributed by atoms with van der Waals surface area (Å²) >= 11 is 1.23. The Labute approximate surface area is 144 Å². The summed E-state index contributed by atoms with van der Waals surface area (Å²) in [4.78, 5) is 27.0. The van der Waals surface area contributed by atoms with Crippen LogP contribution in [0.5, 0.6) is 5.75 Å². The largest absolute Gasteiger partial charge is 0.496 e. The second-order valence-corrected chi connectivity index (χ2v) is 7.15. The lowest BCUT2D eigenvalue weighted by Crippen LogP contribution is -2.06. The fourth-order valence-electron chi connectivity index (χ4n) is 2.82. The highest BCUT2D eigenvalue weighted by molar-refractivity contribution is 7.22. The second-order valence-electron chi connectivity index (χ2n) is 6.15. The van der Waals surface area contributed by atoms with Crippen LogP contribution in [0.15, 0.2) is 0 Å². The molecule has 0 fully saturated rings. The van der Waals surface area contributed by atoms with E-state index in [0.29, 0.717) is 26.7 Å². The Morgan fingerprint density at radius 3 is 2.25 bits per heavy atom. The quantitative estimate of drug-likeness (QED) is 0.635. The minimum atomic E-state index is -0.415. The molecule has 0 bridgehead atoms. The zero-order valence-corrected chi connectivity index (χ0v) is 15.4. The van der Waals surface area contributed by atoms with Crippen LogP contribution in [0.4, 0.5) is 10.8 Å². The smallest absolute Gasteiger partial charge is 0.303 e. The Kier molecular flexibility index (Phi) is 5.08. The summed E-state index contributed by atoms with van der Waals surface area (Å²) in [5.74, 6) is 0.260. The van der Waals surface area contributed by atoms with Gasteiger partial charge in [0.2, 0.25) is 5.91 Å². The Balaban J connectivity index is 3.00. The van der Waals surface area contributed by atoms with Gasteiger partial charge in [-0.05, 0) is 11.8 Å². The van der Waals surface area contributed by atoms with Crippen LogP contribution in [0.3, 0.4) is 0 Å². The van der Waals surface area contributed by atoms with Crippen molar-refractivity contribution < 1.29 is 14.5 Å². The molecule has 0 aliphatic heterocycles. The molecule has 0 saturated heterocycles. The highest BCUT2D eigenvalue weighted by Crippen LogP contribution is 2.49. The Morgan fingerprint density at radius 1 is 1.25 bits per heavy atom. The van der Waals surface area contributed by atoms with Crippen molar-refractivity contribution in [2.24, 2.45) is 0 Å². The van der Waals surface area contributed by atoms with Gasteiger partial charge in [0, 0.05) is 12.5 Å². The maximum absolute atomic E-state index is 11.7. The molecule has 1 heterocycles. The molecular weight excluding hydrogens is 330 g/mol. The molecule has 0 aliphatic carbocycles. The third-order valence-corrected chi connectivity index (χ3v) is 4.67. The van der Waals surface area contributed by atoms with Gasteiger partial charge in [-0.3, -0.25) is 14.9 Å². The number of anilines is 1. The fourth-order valence-corrected chi connectivity index (χ4v) is 4.02. The number of aromatic nitrogens is 1. The standard InChI is InChI=1S/C16H21N3O4S/c1-7(2)10-13(19(21)22)12-15(11(8(3)4)14(10)23-6)24-16(18-12)17-9(5)20/h7-8H,1-6H3,(H,17,18,20). The zero-order chi connectivity index (χ0) is 18.2. The first-order chi connectivity index (χ1) is 11.2. The number of benzene rings is 1. The summed E-state index contributed by atoms with van der Waals surface area (Å²) in [6, 6.07) is 0. The molecule has 0 spiro atoms. The van der Waals surface area contributed by atoms with Crippen LogP contribution in [0.1, 0.15) is 57.6 Å². The molecule has 2 aromatic rings. The number of rotatable bonds is 5. The number of hydrogen-bond donors (Lipinski definition) is 1. The van der Waals surface area contributed by atoms with E-state index in [2.05, 4.69) is 10.3 Å². The van der Waals surface area contributed by atoms with Crippen LogP contribution < -0.4 is 10.1 Å². The van der Waals surface area contributed by atoms with Crippen LogP contribution in [-0.4, -0.2) is 22.9 Å². The molecule has 0 aliphatic rings. The number of fused-ring (bicyclic) bond motifs is 1. The van der Waals surface area contributed by atoms with E-state index in [1.54, 1.807) is 0 Å². The molecule has 0 atom stereocenters. The summed E-state index contributed by atoms with van der Waals surface area (Å²) < 4.78 is 6.26. The van der Waals surface area contributed by atoms with Gasteiger partial charge >= 0.3 is 5.69 Å². The predicted molar refractivity (Wildman–Crippen MR) is 95.3 cm³/mol. The summed E-state index contributed by atoms with van der Waals surface area (Å²) in [6.07, 6.45) is 0. The first-order valence-electron chi connectivity index (χ1n) is 7.65. The number of hydrogen-bond acceptors (Lipinski definition) is 6. The van der Waals surface area contributed by atoms with Crippen LogP contribution in [-0.2, 0) is 4.79 Å². The first-order valence-corrected chi connectivity index (χ1v) is 8.46. The molecule has 130 valence electrons. The van der Waals surface area contributed by atoms with Crippen LogP contribution in [0.2, 0.25) is 0 Å². The van der Waals surface area contributed by atoms with E-state index in [9.17, 15) is 14.9 Å². The molecule has 2 rings (SSSR count). The van der Waals surface area contributed by atoms with Gasteiger partial charge in [0.1, 0.15) is 5.75 Å². The van der Waals surface area contributed by atoms with Crippen molar-refractivity contribution in [2.75, 3.05) is 12.4 Å². The van der Waals surface area contributed by atoms with Crippen LogP contribution in [0, 0.1) is 10.1 Å². The number of carbonyl (C=O) groups excluding carboxylic acids is 1. The summed E-state index contributed by atoms with van der Waals surface area (Å²) in [5.41, 5.74) is 1.69. The summed E-state index contributed by atoms with van der Waals surface area (Å²) in [6.45, 7) is 9.17. The average Bonchev–Trinajstić information content (AvgIpc) is 2.84. The molecule has 8 heteroatoms. The number of amides is 1. The topological polar surface area (TPSA) is 94.4 Å². The van der Waals surface area contributed by atoms with Gasteiger partial charge in [0.25, 0.3) is 0 Å². The van der Waals surface area contributed by atoms with Crippen molar-refractivity contribution in [2.45, 2.75) is 46.5 Å². The SMILES string of the molecule is COc1c(C(C)C)c([N+](=O)[O-])c2nc(NC(C)=O)sc2c1C(C)C. The van der Waals surface area contributed by atoms with Crippen molar-refractivity contribution in [3.8, 4) is 5.75 Å². The maximum Gasteiger partial charge on any atom is 0.303 e. The Morgan fingerprint density at radius 2 is 1.83 bits per heavy atom. The van der Waals surface area contributed by atoms with E-state index < -0.39 is 4.92 Å². The molecule has 0 radical (unpaired) electrons. The van der Waals surface area contributed by atoms with E-state index in [1.807, 2.05) is 27.7 Å². The van der Waals surface area contributed by atoms with Gasteiger partial charge < -0.3 is 10.1 Å². The van der Waals surface area contributed by atoms with Gasteiger partial charge in [-0.25, -0.2) is 4.98 Å². The normalized spacial score (nSPS) is 11.3. The van der Waals surface area contributed by atoms with E-state index in [4.69, 9.17) is 4.74 Å². The molecule has 1 aromatic carbocycles. The van der Waals surface area contributed by atoms with Gasteiger partial charge in [-0.2, -0.15) is 0 Å². The third-order valence-electron chi connectivity index (χ3n) is 3.66. The number of nitro benzene ring substituents is 1. The average molecular weight is 351 g/mol. The van der Waals surface area contributed by atoms with Gasteiger partial charge in [0.05, 0.1) is 22.3 Å². The highest BCUT2D eigenvalue weighted by Gasteiger charge is 2.32. The van der Waals surface area contributed by atoms with E-state index in [1.165, 1.54) is 25.4 Å². The number of nitrogens with zero attached hydrogens (tertiary/aromatic N) is 2. The highest BCUT2D eigenvalue weighted by atomic mass is 32.1. The number of thiazole rings is 1. The van der Waals surface area contributed by atoms with Crippen molar-refractivity contribution >= 4 is 38.3 Å². The van der Waals surface area contributed by atoms with E-state index in [-0.39, 0.29) is 23.4 Å². The molecule has 0 unspecified atom stereocenters. The molecule has 1 aromatic heterocycles. The van der Waals surface area contributed by atoms with Gasteiger partial charge in [0.15, 0.2) is 10.6 Å². The monoisotopic (exact) mass is 351 g/mol. The molecule has 1 N–H and O–H groups in total. The van der Waals surface area contributed by atoms with Crippen molar-refractivity contribution in [3.63, 3.8) is 0 Å². The van der Waals surface area contributed by atoms with Crippen LogP contribution >= 0.6 is 11.3 Å². The maximum atomic E-state index is 11.7. The lowest BCUT2D eigenvalue weighted by Gasteiger charge is -2.19. The van der Waals surface area contributed by atoms with Crippen molar-refractivity contribution in [3.05, 3.63) is 21.2 Å². The predicted octanol–water partition coefficient (Wildman–Crippen LogP) is 4.42. The third kappa shape index (κ3) is 3.06. The van der Waals surface area contributed by atoms with Gasteiger partial charge in [-0.15, -0.1) is 0 Å². The van der Waals surface area contributed by atoms with E-state index >= 15 is 0 Å². The van der Waals surface area contributed by atoms with Crippen molar-refractivity contribution in [1.29, 1.82) is 0 Å². The van der Waals surface area contributed by atoms with Crippen molar-refractivity contribution in [1.82, 2.24) is 4.98 Å². The van der Waals surface area contributed by atoms with Gasteiger partial charge in [-0.1, -0.05) is 39.0 Å². The molecular formula is C16H21N3O4S. The minimum absolute atomic E-state index is 0.0471. The Bertz CT molecular complexity index is 811. The molecule has 0 saturated carbocycles. The number of carbonyl (C=O) groups is 1. The zero-order valence-electron chi connectivity index (χ0n) is 14.6. The lowest BCUT2D eigenvalue weighted by molar-refractivity contribution is -0.384. The van der Waals surface area contributed by atoms with Crippen LogP contribution in [0.25, 0.3) is 10.2 Å². The lowest BCUT2D eigenvalue weighted by atomic mass is 9.91. The Hall–Kier alpha value is -2.22. The minimum Gasteiger partial charge on any atom is -0.496 e. The van der Waals surface area contributed by atoms with E-state index in [0.717, 1.165) is 5.56 Å². The molecule has 24 heavy (non-hydrogen) atoms. The number of nitro groups is 1. The molecule has 1 amide bonds. The number of nitrogens with one attached hydrogen (secondary N) is 1. The number of methoxy groups -OCH3 is 1. The first kappa shape index (κ1) is 18.1. The molecule has 7 nitrogen and oxygen atoms in total. The summed E-state index contributed by atoms with van der Waals surface area (Å²) in [7, 11) is 1.53. The summed E-state index contributed by atoms with van der Waals surface area (Å²) in [5, 5.41) is 14.7. The number of ether oxygens (including phenoxy) is 1. The second kappa shape index (κ2) is 6.72. The fraction of sp³-hybridized carbons (Fsp3) is 0.500.